The van der Waals surface area contributed by atoms with E-state index in [1.165, 1.54) is 0 Å². The van der Waals surface area contributed by atoms with Gasteiger partial charge in [-0.05, 0) is 12.1 Å². The van der Waals surface area contributed by atoms with Gasteiger partial charge in [0.2, 0.25) is 5.95 Å². The molecule has 90 valence electrons. The Balaban J connectivity index is 1.67. The second-order valence-electron chi connectivity index (χ2n) is 3.73. The number of nitrogens with one attached hydrogen (secondary N) is 1. The van der Waals surface area contributed by atoms with Gasteiger partial charge in [-0.1, -0.05) is 12.1 Å². The highest BCUT2D eigenvalue weighted by Crippen LogP contribution is 2.09. The van der Waals surface area contributed by atoms with Gasteiger partial charge in [0, 0.05) is 24.5 Å². The van der Waals surface area contributed by atoms with Crippen molar-refractivity contribution in [3.8, 4) is 0 Å². The maximum absolute atomic E-state index is 4.39. The molecule has 0 saturated heterocycles. The van der Waals surface area contributed by atoms with Crippen molar-refractivity contribution in [2.75, 3.05) is 11.9 Å². The number of nitrogens with zero attached hydrogens (tertiary/aromatic N) is 4. The maximum atomic E-state index is 4.39. The van der Waals surface area contributed by atoms with Crippen LogP contribution in [0.25, 0.3) is 11.0 Å². The zero-order chi connectivity index (χ0) is 12.2. The molecule has 0 amide bonds. The van der Waals surface area contributed by atoms with Crippen molar-refractivity contribution < 1.29 is 0 Å². The SMILES string of the molecule is c1ccc2nc(NCCc3nccs3)nnc2c1. The van der Waals surface area contributed by atoms with Gasteiger partial charge in [-0.3, -0.25) is 0 Å². The minimum Gasteiger partial charge on any atom is -0.352 e. The molecule has 2 heterocycles. The van der Waals surface area contributed by atoms with Gasteiger partial charge in [0.1, 0.15) is 5.52 Å². The smallest absolute Gasteiger partial charge is 0.243 e. The van der Waals surface area contributed by atoms with Crippen LogP contribution in [0.2, 0.25) is 0 Å². The second-order valence-corrected chi connectivity index (χ2v) is 4.71. The quantitative estimate of drug-likeness (QED) is 0.775. The number of benzene rings is 1. The fourth-order valence-electron chi connectivity index (χ4n) is 1.61. The van der Waals surface area contributed by atoms with Gasteiger partial charge in [-0.15, -0.1) is 21.5 Å². The number of hydrogen-bond acceptors (Lipinski definition) is 6. The first kappa shape index (κ1) is 11.0. The van der Waals surface area contributed by atoms with Crippen molar-refractivity contribution in [1.29, 1.82) is 0 Å². The highest BCUT2D eigenvalue weighted by molar-refractivity contribution is 7.09. The van der Waals surface area contributed by atoms with E-state index in [2.05, 4.69) is 25.5 Å². The van der Waals surface area contributed by atoms with Crippen LogP contribution in [0, 0.1) is 0 Å². The molecule has 6 heteroatoms. The van der Waals surface area contributed by atoms with Crippen molar-refractivity contribution in [3.05, 3.63) is 40.8 Å². The molecule has 0 bridgehead atoms. The molecule has 0 aliphatic rings. The summed E-state index contributed by atoms with van der Waals surface area (Å²) in [5, 5.41) is 14.4. The van der Waals surface area contributed by atoms with E-state index in [0.717, 1.165) is 29.0 Å². The first-order chi connectivity index (χ1) is 8.92. The van der Waals surface area contributed by atoms with Crippen molar-refractivity contribution >= 4 is 28.3 Å². The number of hydrogen-bond donors (Lipinski definition) is 1. The van der Waals surface area contributed by atoms with Crippen LogP contribution in [0.1, 0.15) is 5.01 Å². The summed E-state index contributed by atoms with van der Waals surface area (Å²) in [7, 11) is 0. The highest BCUT2D eigenvalue weighted by Gasteiger charge is 2.01. The summed E-state index contributed by atoms with van der Waals surface area (Å²) in [6.45, 7) is 0.757. The van der Waals surface area contributed by atoms with Gasteiger partial charge in [0.25, 0.3) is 0 Å². The fourth-order valence-corrected chi connectivity index (χ4v) is 2.23. The second kappa shape index (κ2) is 5.05. The van der Waals surface area contributed by atoms with Crippen molar-refractivity contribution in [2.45, 2.75) is 6.42 Å². The first-order valence-electron chi connectivity index (χ1n) is 5.63. The largest absolute Gasteiger partial charge is 0.352 e. The van der Waals surface area contributed by atoms with Gasteiger partial charge >= 0.3 is 0 Å². The predicted molar refractivity (Wildman–Crippen MR) is 71.6 cm³/mol. The Hall–Kier alpha value is -2.08. The van der Waals surface area contributed by atoms with E-state index in [1.54, 1.807) is 11.3 Å². The Kier molecular flexibility index (Phi) is 3.10. The van der Waals surface area contributed by atoms with Crippen LogP contribution in [-0.4, -0.2) is 26.7 Å². The van der Waals surface area contributed by atoms with Gasteiger partial charge in [0.05, 0.1) is 10.5 Å². The topological polar surface area (TPSA) is 63.6 Å². The van der Waals surface area contributed by atoms with Crippen molar-refractivity contribution in [1.82, 2.24) is 20.2 Å². The van der Waals surface area contributed by atoms with Gasteiger partial charge in [-0.2, -0.15) is 0 Å². The summed E-state index contributed by atoms with van der Waals surface area (Å²) in [5.41, 5.74) is 1.66. The Morgan fingerprint density at radius 3 is 2.83 bits per heavy atom. The summed E-state index contributed by atoms with van der Waals surface area (Å²) >= 11 is 1.65. The summed E-state index contributed by atoms with van der Waals surface area (Å²) in [4.78, 5) is 8.61. The Bertz CT molecular complexity index is 638. The lowest BCUT2D eigenvalue weighted by atomic mass is 10.3. The number of thiazole rings is 1. The molecule has 0 unspecified atom stereocenters. The van der Waals surface area contributed by atoms with E-state index in [1.807, 2.05) is 35.8 Å². The third-order valence-electron chi connectivity index (χ3n) is 2.47. The lowest BCUT2D eigenvalue weighted by molar-refractivity contribution is 0.944. The van der Waals surface area contributed by atoms with Crippen molar-refractivity contribution in [2.24, 2.45) is 0 Å². The molecule has 0 spiro atoms. The average Bonchev–Trinajstić information content (AvgIpc) is 2.92. The van der Waals surface area contributed by atoms with Crippen molar-refractivity contribution in [3.63, 3.8) is 0 Å². The Labute approximate surface area is 108 Å². The molecule has 3 rings (SSSR count). The minimum absolute atomic E-state index is 0.560. The maximum Gasteiger partial charge on any atom is 0.243 e. The normalized spacial score (nSPS) is 10.7. The standard InChI is InChI=1S/C12H11N5S/c1-2-4-10-9(3-1)15-12(17-16-10)14-6-5-11-13-7-8-18-11/h1-4,7-8H,5-6H2,(H,14,15,17). The van der Waals surface area contributed by atoms with Crippen LogP contribution in [0.3, 0.4) is 0 Å². The molecule has 0 radical (unpaired) electrons. The summed E-state index contributed by atoms with van der Waals surface area (Å²) in [6.07, 6.45) is 2.68. The first-order valence-corrected chi connectivity index (χ1v) is 6.51. The van der Waals surface area contributed by atoms with E-state index in [0.29, 0.717) is 5.95 Å². The molecule has 1 aromatic carbocycles. The van der Waals surface area contributed by atoms with Gasteiger partial charge in [0.15, 0.2) is 0 Å². The van der Waals surface area contributed by atoms with E-state index in [9.17, 15) is 0 Å². The lowest BCUT2D eigenvalue weighted by Crippen LogP contribution is -2.08. The zero-order valence-electron chi connectivity index (χ0n) is 9.58. The fraction of sp³-hybridized carbons (Fsp3) is 0.167. The Morgan fingerprint density at radius 2 is 2.00 bits per heavy atom. The van der Waals surface area contributed by atoms with Crippen LogP contribution >= 0.6 is 11.3 Å². The Morgan fingerprint density at radius 1 is 1.11 bits per heavy atom. The molecule has 0 aliphatic heterocycles. The molecule has 0 saturated carbocycles. The van der Waals surface area contributed by atoms with Gasteiger partial charge in [-0.25, -0.2) is 9.97 Å². The lowest BCUT2D eigenvalue weighted by Gasteiger charge is -2.03. The predicted octanol–water partition coefficient (Wildman–Crippen LogP) is 2.14. The van der Waals surface area contributed by atoms with Gasteiger partial charge < -0.3 is 5.32 Å². The minimum atomic E-state index is 0.560. The number of para-hydroxylation sites is 1. The molecule has 0 fully saturated rings. The van der Waals surface area contributed by atoms with E-state index >= 15 is 0 Å². The van der Waals surface area contributed by atoms with Crippen LogP contribution in [-0.2, 0) is 6.42 Å². The molecular weight excluding hydrogens is 246 g/mol. The van der Waals surface area contributed by atoms with E-state index < -0.39 is 0 Å². The third-order valence-corrected chi connectivity index (χ3v) is 3.31. The van der Waals surface area contributed by atoms with Crippen LogP contribution < -0.4 is 5.32 Å². The van der Waals surface area contributed by atoms with Crippen LogP contribution in [0.15, 0.2) is 35.8 Å². The monoisotopic (exact) mass is 257 g/mol. The summed E-state index contributed by atoms with van der Waals surface area (Å²) in [5.74, 6) is 0.560. The summed E-state index contributed by atoms with van der Waals surface area (Å²) < 4.78 is 0. The molecule has 0 aliphatic carbocycles. The number of anilines is 1. The third kappa shape index (κ3) is 2.43. The molecule has 5 nitrogen and oxygen atoms in total. The molecular formula is C12H11N5S. The molecule has 3 aromatic rings. The number of fused-ring (bicyclic) bond motifs is 1. The van der Waals surface area contributed by atoms with Crippen LogP contribution in [0.5, 0.6) is 0 Å². The van der Waals surface area contributed by atoms with E-state index in [-0.39, 0.29) is 0 Å². The molecule has 0 atom stereocenters. The number of aromatic nitrogens is 4. The average molecular weight is 257 g/mol. The number of rotatable bonds is 4. The molecule has 1 N–H and O–H groups in total. The van der Waals surface area contributed by atoms with E-state index in [4.69, 9.17) is 0 Å². The zero-order valence-corrected chi connectivity index (χ0v) is 10.4. The highest BCUT2D eigenvalue weighted by atomic mass is 32.1. The molecule has 18 heavy (non-hydrogen) atoms. The molecule has 2 aromatic heterocycles. The summed E-state index contributed by atoms with van der Waals surface area (Å²) in [6, 6.07) is 7.69. The van der Waals surface area contributed by atoms with Crippen LogP contribution in [0.4, 0.5) is 5.95 Å².